The van der Waals surface area contributed by atoms with Crippen molar-refractivity contribution in [3.05, 3.63) is 47.6 Å². The first-order valence-corrected chi connectivity index (χ1v) is 4.71. The zero-order valence-corrected chi connectivity index (χ0v) is 9.22. The van der Waals surface area contributed by atoms with Gasteiger partial charge in [-0.2, -0.15) is 0 Å². The highest BCUT2D eigenvalue weighted by molar-refractivity contribution is 5.33. The Morgan fingerprint density at radius 1 is 1.23 bits per heavy atom. The molecule has 0 aliphatic rings. The van der Waals surface area contributed by atoms with Crippen LogP contribution in [0.3, 0.4) is 0 Å². The Morgan fingerprint density at radius 2 is 1.85 bits per heavy atom. The summed E-state index contributed by atoms with van der Waals surface area (Å²) in [5.41, 5.74) is 3.85. The van der Waals surface area contributed by atoms with Crippen LogP contribution >= 0.6 is 0 Å². The molecule has 0 fully saturated rings. The van der Waals surface area contributed by atoms with Crippen molar-refractivity contribution in [2.45, 2.75) is 34.1 Å². The maximum atomic E-state index is 3.97. The standard InChI is InChI=1S/C13H20/c1-6-8-9-13(11(3)4)10-12(5)7-2/h6-9H,3,10H2,1-2,4-5H3/b8-6-,12-7-,13-9+. The summed E-state index contributed by atoms with van der Waals surface area (Å²) in [5, 5.41) is 0. The highest BCUT2D eigenvalue weighted by Crippen LogP contribution is 2.17. The molecule has 0 aliphatic carbocycles. The van der Waals surface area contributed by atoms with Crippen molar-refractivity contribution in [3.63, 3.8) is 0 Å². The van der Waals surface area contributed by atoms with Crippen LogP contribution in [-0.4, -0.2) is 0 Å². The Balaban J connectivity index is 4.54. The molecular weight excluding hydrogens is 156 g/mol. The van der Waals surface area contributed by atoms with E-state index in [0.29, 0.717) is 0 Å². The molecule has 0 aromatic rings. The molecule has 0 atom stereocenters. The second-order valence-electron chi connectivity index (χ2n) is 3.31. The number of allylic oxidation sites excluding steroid dienone is 7. The Bertz CT molecular complexity index is 249. The predicted molar refractivity (Wildman–Crippen MR) is 61.8 cm³/mol. The third-order valence-corrected chi connectivity index (χ3v) is 2.00. The first kappa shape index (κ1) is 12.0. The summed E-state index contributed by atoms with van der Waals surface area (Å²) >= 11 is 0. The van der Waals surface area contributed by atoms with Crippen molar-refractivity contribution in [1.29, 1.82) is 0 Å². The fraction of sp³-hybridized carbons (Fsp3) is 0.385. The van der Waals surface area contributed by atoms with E-state index in [2.05, 4.69) is 45.6 Å². The molecule has 0 nitrogen and oxygen atoms in total. The van der Waals surface area contributed by atoms with Gasteiger partial charge in [-0.25, -0.2) is 0 Å². The van der Waals surface area contributed by atoms with Crippen LogP contribution in [0.15, 0.2) is 47.6 Å². The highest BCUT2D eigenvalue weighted by atomic mass is 14.0. The van der Waals surface area contributed by atoms with Crippen molar-refractivity contribution < 1.29 is 0 Å². The summed E-state index contributed by atoms with van der Waals surface area (Å²) in [6, 6.07) is 0. The van der Waals surface area contributed by atoms with E-state index in [-0.39, 0.29) is 0 Å². The van der Waals surface area contributed by atoms with E-state index in [9.17, 15) is 0 Å². The highest BCUT2D eigenvalue weighted by Gasteiger charge is 1.97. The van der Waals surface area contributed by atoms with E-state index >= 15 is 0 Å². The van der Waals surface area contributed by atoms with E-state index in [1.54, 1.807) is 0 Å². The molecule has 0 bridgehead atoms. The molecule has 0 saturated carbocycles. The van der Waals surface area contributed by atoms with Gasteiger partial charge in [-0.05, 0) is 39.7 Å². The van der Waals surface area contributed by atoms with Gasteiger partial charge in [-0.1, -0.05) is 42.0 Å². The summed E-state index contributed by atoms with van der Waals surface area (Å²) in [5.74, 6) is 0. The molecule has 0 rings (SSSR count). The van der Waals surface area contributed by atoms with Crippen molar-refractivity contribution in [1.82, 2.24) is 0 Å². The first-order chi connectivity index (χ1) is 6.11. The van der Waals surface area contributed by atoms with Crippen LogP contribution in [0.25, 0.3) is 0 Å². The van der Waals surface area contributed by atoms with Crippen molar-refractivity contribution in [3.8, 4) is 0 Å². The van der Waals surface area contributed by atoms with Crippen molar-refractivity contribution >= 4 is 0 Å². The topological polar surface area (TPSA) is 0 Å². The summed E-state index contributed by atoms with van der Waals surface area (Å²) in [4.78, 5) is 0. The van der Waals surface area contributed by atoms with Gasteiger partial charge in [0, 0.05) is 0 Å². The molecule has 0 aromatic carbocycles. The average Bonchev–Trinajstić information content (AvgIpc) is 2.11. The van der Waals surface area contributed by atoms with Gasteiger partial charge < -0.3 is 0 Å². The summed E-state index contributed by atoms with van der Waals surface area (Å²) < 4.78 is 0. The molecule has 0 amide bonds. The lowest BCUT2D eigenvalue weighted by atomic mass is 10.0. The van der Waals surface area contributed by atoms with Gasteiger partial charge in [-0.15, -0.1) is 0 Å². The Morgan fingerprint density at radius 3 is 2.23 bits per heavy atom. The fourth-order valence-corrected chi connectivity index (χ4v) is 0.967. The van der Waals surface area contributed by atoms with Gasteiger partial charge in [0.2, 0.25) is 0 Å². The lowest BCUT2D eigenvalue weighted by Gasteiger charge is -2.05. The molecule has 0 heteroatoms. The smallest absolute Gasteiger partial charge is 0.00676 e. The molecule has 0 aliphatic heterocycles. The largest absolute Gasteiger partial charge is 0.0958 e. The van der Waals surface area contributed by atoms with Crippen LogP contribution in [-0.2, 0) is 0 Å². The molecule has 0 spiro atoms. The van der Waals surface area contributed by atoms with Crippen LogP contribution in [0.5, 0.6) is 0 Å². The number of hydrogen-bond acceptors (Lipinski definition) is 0. The molecule has 0 radical (unpaired) electrons. The lowest BCUT2D eigenvalue weighted by molar-refractivity contribution is 1.11. The molecule has 0 unspecified atom stereocenters. The van der Waals surface area contributed by atoms with E-state index in [1.807, 2.05) is 13.0 Å². The molecule has 0 N–H and O–H groups in total. The molecule has 13 heavy (non-hydrogen) atoms. The molecule has 0 aromatic heterocycles. The molecular formula is C13H20. The summed E-state index contributed by atoms with van der Waals surface area (Å²) in [6.45, 7) is 12.3. The zero-order chi connectivity index (χ0) is 10.3. The van der Waals surface area contributed by atoms with Crippen LogP contribution in [0.4, 0.5) is 0 Å². The Kier molecular flexibility index (Phi) is 5.96. The molecule has 0 saturated heterocycles. The van der Waals surface area contributed by atoms with Crippen LogP contribution in [0, 0.1) is 0 Å². The van der Waals surface area contributed by atoms with Crippen molar-refractivity contribution in [2.24, 2.45) is 0 Å². The number of rotatable bonds is 4. The predicted octanol–water partition coefficient (Wildman–Crippen LogP) is 4.42. The van der Waals surface area contributed by atoms with Gasteiger partial charge in [0.15, 0.2) is 0 Å². The number of hydrogen-bond donors (Lipinski definition) is 0. The molecule has 72 valence electrons. The third-order valence-electron chi connectivity index (χ3n) is 2.00. The minimum atomic E-state index is 1.01. The van der Waals surface area contributed by atoms with E-state index in [4.69, 9.17) is 0 Å². The van der Waals surface area contributed by atoms with Gasteiger partial charge in [-0.3, -0.25) is 0 Å². The molecule has 0 heterocycles. The van der Waals surface area contributed by atoms with Crippen LogP contribution < -0.4 is 0 Å². The fourth-order valence-electron chi connectivity index (χ4n) is 0.967. The summed E-state index contributed by atoms with van der Waals surface area (Å²) in [7, 11) is 0. The second kappa shape index (κ2) is 6.47. The SMILES string of the molecule is C=C(C)/C(=C/C=C\C)C/C(C)=C\C. The maximum absolute atomic E-state index is 3.97. The Hall–Kier alpha value is -1.04. The van der Waals surface area contributed by atoms with Crippen molar-refractivity contribution in [2.75, 3.05) is 0 Å². The van der Waals surface area contributed by atoms with Crippen LogP contribution in [0.1, 0.15) is 34.1 Å². The monoisotopic (exact) mass is 176 g/mol. The van der Waals surface area contributed by atoms with Gasteiger partial charge in [0.1, 0.15) is 0 Å². The Labute approximate surface area is 82.4 Å². The van der Waals surface area contributed by atoms with Gasteiger partial charge >= 0.3 is 0 Å². The van der Waals surface area contributed by atoms with E-state index in [1.165, 1.54) is 11.1 Å². The zero-order valence-electron chi connectivity index (χ0n) is 9.22. The van der Waals surface area contributed by atoms with E-state index in [0.717, 1.165) is 12.0 Å². The second-order valence-corrected chi connectivity index (χ2v) is 3.31. The average molecular weight is 176 g/mol. The quantitative estimate of drug-likeness (QED) is 0.439. The third kappa shape index (κ3) is 5.24. The van der Waals surface area contributed by atoms with Crippen LogP contribution in [0.2, 0.25) is 0 Å². The summed E-state index contributed by atoms with van der Waals surface area (Å²) in [6.07, 6.45) is 9.39. The van der Waals surface area contributed by atoms with E-state index < -0.39 is 0 Å². The minimum Gasteiger partial charge on any atom is -0.0958 e. The minimum absolute atomic E-state index is 1.01. The maximum Gasteiger partial charge on any atom is -0.00676 e. The van der Waals surface area contributed by atoms with Gasteiger partial charge in [0.05, 0.1) is 0 Å². The lowest BCUT2D eigenvalue weighted by Crippen LogP contribution is -1.86. The normalized spacial score (nSPS) is 13.8. The van der Waals surface area contributed by atoms with Gasteiger partial charge in [0.25, 0.3) is 0 Å². The first-order valence-electron chi connectivity index (χ1n) is 4.71.